The lowest BCUT2D eigenvalue weighted by atomic mass is 10.2. The molecule has 0 spiro atoms. The van der Waals surface area contributed by atoms with Gasteiger partial charge in [0.25, 0.3) is 0 Å². The quantitative estimate of drug-likeness (QED) is 0.615. The summed E-state index contributed by atoms with van der Waals surface area (Å²) in [6.45, 7) is 0. The Morgan fingerprint density at radius 2 is 2.00 bits per heavy atom. The molecule has 5 nitrogen and oxygen atoms in total. The Morgan fingerprint density at radius 1 is 1.37 bits per heavy atom. The number of imidazole rings is 1. The van der Waals surface area contributed by atoms with Crippen molar-refractivity contribution in [1.29, 1.82) is 0 Å². The fraction of sp³-hybridized carbons (Fsp3) is 0.231. The highest BCUT2D eigenvalue weighted by Crippen LogP contribution is 2.20. The third-order valence-corrected chi connectivity index (χ3v) is 3.49. The molecule has 1 heterocycles. The van der Waals surface area contributed by atoms with Crippen molar-refractivity contribution in [2.45, 2.75) is 0 Å². The SMILES string of the molecule is CON(C)C(=O)c1nc(-c2ccc(I)cc2)cn1C. The second-order valence-corrected chi connectivity index (χ2v) is 5.30. The van der Waals surface area contributed by atoms with Crippen molar-refractivity contribution in [3.05, 3.63) is 39.9 Å². The molecule has 19 heavy (non-hydrogen) atoms. The summed E-state index contributed by atoms with van der Waals surface area (Å²) >= 11 is 2.25. The molecule has 0 saturated carbocycles. The standard InChI is InChI=1S/C13H14IN3O2/c1-16-8-11(9-4-6-10(14)7-5-9)15-12(16)13(18)17(2)19-3/h4-8H,1-3H3. The van der Waals surface area contributed by atoms with Crippen molar-refractivity contribution in [1.82, 2.24) is 14.6 Å². The molecule has 1 amide bonds. The summed E-state index contributed by atoms with van der Waals surface area (Å²) in [5, 5.41) is 1.15. The van der Waals surface area contributed by atoms with E-state index < -0.39 is 0 Å². The monoisotopic (exact) mass is 371 g/mol. The number of aryl methyl sites for hydroxylation is 1. The van der Waals surface area contributed by atoms with Gasteiger partial charge in [-0.3, -0.25) is 9.63 Å². The number of nitrogens with zero attached hydrogens (tertiary/aromatic N) is 3. The second-order valence-electron chi connectivity index (χ2n) is 4.05. The van der Waals surface area contributed by atoms with Crippen LogP contribution < -0.4 is 0 Å². The fourth-order valence-corrected chi connectivity index (χ4v) is 2.01. The van der Waals surface area contributed by atoms with E-state index in [4.69, 9.17) is 4.84 Å². The molecule has 1 aromatic heterocycles. The number of hydrogen-bond acceptors (Lipinski definition) is 3. The maximum Gasteiger partial charge on any atom is 0.313 e. The molecule has 0 aliphatic heterocycles. The van der Waals surface area contributed by atoms with Crippen LogP contribution in [0.2, 0.25) is 0 Å². The summed E-state index contributed by atoms with van der Waals surface area (Å²) < 4.78 is 2.86. The third-order valence-electron chi connectivity index (χ3n) is 2.77. The highest BCUT2D eigenvalue weighted by atomic mass is 127. The third kappa shape index (κ3) is 2.95. The van der Waals surface area contributed by atoms with Crippen LogP contribution >= 0.6 is 22.6 Å². The van der Waals surface area contributed by atoms with Crippen molar-refractivity contribution in [2.75, 3.05) is 14.2 Å². The molecule has 6 heteroatoms. The lowest BCUT2D eigenvalue weighted by Crippen LogP contribution is -2.27. The molecule has 0 bridgehead atoms. The van der Waals surface area contributed by atoms with E-state index in [9.17, 15) is 4.79 Å². The number of rotatable bonds is 3. The topological polar surface area (TPSA) is 47.4 Å². The molecular weight excluding hydrogens is 357 g/mol. The lowest BCUT2D eigenvalue weighted by Gasteiger charge is -2.12. The van der Waals surface area contributed by atoms with Crippen molar-refractivity contribution in [2.24, 2.45) is 7.05 Å². The van der Waals surface area contributed by atoms with Gasteiger partial charge in [0.2, 0.25) is 5.82 Å². The molecule has 1 aromatic carbocycles. The van der Waals surface area contributed by atoms with Gasteiger partial charge in [-0.2, -0.15) is 0 Å². The summed E-state index contributed by atoms with van der Waals surface area (Å²) in [5.74, 6) is 0.0691. The van der Waals surface area contributed by atoms with Crippen LogP contribution in [0.1, 0.15) is 10.6 Å². The van der Waals surface area contributed by atoms with Gasteiger partial charge in [-0.25, -0.2) is 10.0 Å². The van der Waals surface area contributed by atoms with Crippen LogP contribution in [-0.2, 0) is 11.9 Å². The Hall–Kier alpha value is -1.41. The Balaban J connectivity index is 2.36. The average Bonchev–Trinajstić information content (AvgIpc) is 2.80. The number of hydrogen-bond donors (Lipinski definition) is 0. The molecule has 0 aliphatic rings. The molecule has 0 aliphatic carbocycles. The maximum absolute atomic E-state index is 12.0. The second kappa shape index (κ2) is 5.70. The van der Waals surface area contributed by atoms with Crippen LogP contribution in [0.25, 0.3) is 11.3 Å². The normalized spacial score (nSPS) is 10.5. The van der Waals surface area contributed by atoms with E-state index in [0.29, 0.717) is 5.82 Å². The molecule has 0 fully saturated rings. The molecule has 2 rings (SSSR count). The van der Waals surface area contributed by atoms with Crippen LogP contribution in [0.15, 0.2) is 30.5 Å². The van der Waals surface area contributed by atoms with Gasteiger partial charge in [-0.1, -0.05) is 12.1 Å². The van der Waals surface area contributed by atoms with Crippen LogP contribution in [-0.4, -0.2) is 34.7 Å². The van der Waals surface area contributed by atoms with Gasteiger partial charge in [-0.15, -0.1) is 0 Å². The van der Waals surface area contributed by atoms with Gasteiger partial charge in [0.1, 0.15) is 0 Å². The number of carbonyl (C=O) groups excluding carboxylic acids is 1. The van der Waals surface area contributed by atoms with E-state index in [1.807, 2.05) is 30.5 Å². The van der Waals surface area contributed by atoms with E-state index in [1.165, 1.54) is 7.11 Å². The highest BCUT2D eigenvalue weighted by molar-refractivity contribution is 14.1. The number of amides is 1. The van der Waals surface area contributed by atoms with Gasteiger partial charge in [0.05, 0.1) is 12.8 Å². The van der Waals surface area contributed by atoms with E-state index >= 15 is 0 Å². The molecule has 0 N–H and O–H groups in total. The van der Waals surface area contributed by atoms with E-state index in [-0.39, 0.29) is 5.91 Å². The molecule has 0 saturated heterocycles. The van der Waals surface area contributed by atoms with E-state index in [1.54, 1.807) is 18.7 Å². The summed E-state index contributed by atoms with van der Waals surface area (Å²) in [6, 6.07) is 7.98. The van der Waals surface area contributed by atoms with E-state index in [2.05, 4.69) is 27.6 Å². The van der Waals surface area contributed by atoms with Gasteiger partial charge in [0, 0.05) is 29.4 Å². The van der Waals surface area contributed by atoms with Gasteiger partial charge < -0.3 is 4.57 Å². The Labute approximate surface area is 125 Å². The van der Waals surface area contributed by atoms with E-state index in [0.717, 1.165) is 19.9 Å². The van der Waals surface area contributed by atoms with Crippen LogP contribution in [0.4, 0.5) is 0 Å². The minimum Gasteiger partial charge on any atom is -0.329 e. The first-order valence-corrected chi connectivity index (χ1v) is 6.72. The number of halogens is 1. The number of hydroxylamine groups is 2. The summed E-state index contributed by atoms with van der Waals surface area (Å²) in [7, 11) is 4.79. The van der Waals surface area contributed by atoms with Gasteiger partial charge >= 0.3 is 5.91 Å². The zero-order chi connectivity index (χ0) is 14.0. The first kappa shape index (κ1) is 14.0. The zero-order valence-corrected chi connectivity index (χ0v) is 13.1. The van der Waals surface area contributed by atoms with Crippen molar-refractivity contribution in [3.8, 4) is 11.3 Å². The summed E-state index contributed by atoms with van der Waals surface area (Å²) in [6.07, 6.45) is 1.83. The summed E-state index contributed by atoms with van der Waals surface area (Å²) in [5.41, 5.74) is 1.75. The zero-order valence-electron chi connectivity index (χ0n) is 10.9. The van der Waals surface area contributed by atoms with Crippen LogP contribution in [0.5, 0.6) is 0 Å². The fourth-order valence-electron chi connectivity index (χ4n) is 1.65. The Kier molecular flexibility index (Phi) is 4.20. The van der Waals surface area contributed by atoms with Crippen molar-refractivity contribution < 1.29 is 9.63 Å². The average molecular weight is 371 g/mol. The first-order valence-electron chi connectivity index (χ1n) is 5.64. The minimum atomic E-state index is -0.276. The highest BCUT2D eigenvalue weighted by Gasteiger charge is 2.18. The number of benzene rings is 1. The van der Waals surface area contributed by atoms with Gasteiger partial charge in [-0.05, 0) is 34.7 Å². The van der Waals surface area contributed by atoms with Crippen LogP contribution in [0.3, 0.4) is 0 Å². The van der Waals surface area contributed by atoms with Crippen LogP contribution in [0, 0.1) is 3.57 Å². The number of carbonyl (C=O) groups is 1. The predicted molar refractivity (Wildman–Crippen MR) is 80.5 cm³/mol. The van der Waals surface area contributed by atoms with Gasteiger partial charge in [0.15, 0.2) is 0 Å². The Morgan fingerprint density at radius 3 is 2.58 bits per heavy atom. The summed E-state index contributed by atoms with van der Waals surface area (Å²) in [4.78, 5) is 21.3. The molecule has 0 atom stereocenters. The molecule has 0 radical (unpaired) electrons. The first-order chi connectivity index (χ1) is 9.02. The Bertz CT molecular complexity index is 592. The predicted octanol–water partition coefficient (Wildman–Crippen LogP) is 2.33. The minimum absolute atomic E-state index is 0.276. The van der Waals surface area contributed by atoms with Crippen molar-refractivity contribution in [3.63, 3.8) is 0 Å². The molecule has 100 valence electrons. The smallest absolute Gasteiger partial charge is 0.313 e. The number of aromatic nitrogens is 2. The maximum atomic E-state index is 12.0. The molecule has 0 unspecified atom stereocenters. The van der Waals surface area contributed by atoms with Crippen molar-refractivity contribution >= 4 is 28.5 Å². The largest absolute Gasteiger partial charge is 0.329 e. The molecule has 2 aromatic rings. The molecular formula is C13H14IN3O2. The lowest BCUT2D eigenvalue weighted by molar-refractivity contribution is -0.0766.